The third-order valence-electron chi connectivity index (χ3n) is 2.55. The smallest absolute Gasteiger partial charge is 0.0839 e. The van der Waals surface area contributed by atoms with Gasteiger partial charge in [-0.05, 0) is 19.1 Å². The van der Waals surface area contributed by atoms with Gasteiger partial charge in [0.1, 0.15) is 0 Å². The first-order chi connectivity index (χ1) is 8.78. The van der Waals surface area contributed by atoms with Crippen molar-refractivity contribution in [3.05, 3.63) is 41.7 Å². The van der Waals surface area contributed by atoms with Gasteiger partial charge >= 0.3 is 0 Å². The maximum absolute atomic E-state index is 5.66. The molecule has 5 heteroatoms. The third-order valence-corrected chi connectivity index (χ3v) is 3.73. The van der Waals surface area contributed by atoms with Crippen molar-refractivity contribution >= 4 is 23.4 Å². The average molecular weight is 282 g/mol. The Morgan fingerprint density at radius 2 is 2.06 bits per heavy atom. The van der Waals surface area contributed by atoms with Crippen LogP contribution in [0.2, 0.25) is 0 Å². The Hall–Kier alpha value is -1.00. The van der Waals surface area contributed by atoms with Crippen molar-refractivity contribution in [2.24, 2.45) is 0 Å². The van der Waals surface area contributed by atoms with Gasteiger partial charge in [-0.2, -0.15) is 0 Å². The minimum absolute atomic E-state index is 0.594. The Morgan fingerprint density at radius 1 is 1.28 bits per heavy atom. The van der Waals surface area contributed by atoms with Gasteiger partial charge in [0.15, 0.2) is 0 Å². The van der Waals surface area contributed by atoms with E-state index in [9.17, 15) is 0 Å². The van der Waals surface area contributed by atoms with Crippen molar-refractivity contribution in [2.75, 3.05) is 11.6 Å². The Kier molecular flexibility index (Phi) is 5.08. The van der Waals surface area contributed by atoms with Crippen molar-refractivity contribution in [2.45, 2.75) is 24.8 Å². The molecule has 0 bridgehead atoms. The number of benzene rings is 1. The minimum atomic E-state index is 0.594. The number of aromatic nitrogens is 3. The first kappa shape index (κ1) is 13.4. The molecule has 96 valence electrons. The highest BCUT2D eigenvalue weighted by Crippen LogP contribution is 2.18. The van der Waals surface area contributed by atoms with E-state index >= 15 is 0 Å². The summed E-state index contributed by atoms with van der Waals surface area (Å²) in [5, 5.41) is 8.14. The fraction of sp³-hybridized carbons (Fsp3) is 0.385. The number of hydrogen-bond donors (Lipinski definition) is 0. The summed E-state index contributed by atoms with van der Waals surface area (Å²) in [5.74, 6) is 1.59. The molecule has 1 heterocycles. The molecule has 0 aliphatic carbocycles. The van der Waals surface area contributed by atoms with E-state index in [-0.39, 0.29) is 0 Å². The van der Waals surface area contributed by atoms with Gasteiger partial charge in [-0.1, -0.05) is 22.9 Å². The molecule has 1 aromatic heterocycles. The first-order valence-corrected chi connectivity index (χ1v) is 7.44. The molecule has 0 aliphatic rings. The summed E-state index contributed by atoms with van der Waals surface area (Å²) in [4.78, 5) is 1.29. The summed E-state index contributed by atoms with van der Waals surface area (Å²) in [6.07, 6.45) is 2.75. The van der Waals surface area contributed by atoms with Gasteiger partial charge in [0, 0.05) is 29.1 Å². The van der Waals surface area contributed by atoms with Crippen molar-refractivity contribution in [3.8, 4) is 0 Å². The highest BCUT2D eigenvalue weighted by atomic mass is 35.5. The van der Waals surface area contributed by atoms with Gasteiger partial charge in [-0.15, -0.1) is 28.5 Å². The van der Waals surface area contributed by atoms with E-state index in [0.29, 0.717) is 5.88 Å². The second-order valence-electron chi connectivity index (χ2n) is 4.07. The maximum Gasteiger partial charge on any atom is 0.0839 e. The fourth-order valence-corrected chi connectivity index (χ4v) is 2.59. The molecular weight excluding hydrogens is 266 g/mol. The van der Waals surface area contributed by atoms with Crippen LogP contribution in [-0.2, 0) is 13.0 Å². The van der Waals surface area contributed by atoms with E-state index in [1.165, 1.54) is 10.5 Å². The SMILES string of the molecule is Cc1ccc(SCCn2cc(CCCl)nn2)cc1. The number of thioether (sulfide) groups is 1. The lowest BCUT2D eigenvalue weighted by Gasteiger charge is -2.02. The molecule has 18 heavy (non-hydrogen) atoms. The fourth-order valence-electron chi connectivity index (χ4n) is 1.55. The van der Waals surface area contributed by atoms with E-state index in [4.69, 9.17) is 11.6 Å². The van der Waals surface area contributed by atoms with E-state index in [1.54, 1.807) is 0 Å². The van der Waals surface area contributed by atoms with Crippen molar-refractivity contribution in [3.63, 3.8) is 0 Å². The molecule has 0 unspecified atom stereocenters. The van der Waals surface area contributed by atoms with E-state index in [2.05, 4.69) is 41.5 Å². The predicted molar refractivity (Wildman–Crippen MR) is 76.3 cm³/mol. The summed E-state index contributed by atoms with van der Waals surface area (Å²) in [6, 6.07) is 8.58. The quantitative estimate of drug-likeness (QED) is 0.602. The Balaban J connectivity index is 1.79. The molecule has 2 aromatic rings. The summed E-state index contributed by atoms with van der Waals surface area (Å²) >= 11 is 7.49. The molecule has 0 N–H and O–H groups in total. The van der Waals surface area contributed by atoms with Crippen LogP contribution in [0, 0.1) is 6.92 Å². The Labute approximate surface area is 117 Å². The van der Waals surface area contributed by atoms with Crippen molar-refractivity contribution in [1.82, 2.24) is 15.0 Å². The van der Waals surface area contributed by atoms with Crippen LogP contribution in [0.25, 0.3) is 0 Å². The highest BCUT2D eigenvalue weighted by Gasteiger charge is 2.00. The third kappa shape index (κ3) is 4.03. The zero-order valence-electron chi connectivity index (χ0n) is 10.3. The van der Waals surface area contributed by atoms with E-state index in [0.717, 1.165) is 24.4 Å². The zero-order valence-corrected chi connectivity index (χ0v) is 11.9. The van der Waals surface area contributed by atoms with Crippen LogP contribution in [0.1, 0.15) is 11.3 Å². The van der Waals surface area contributed by atoms with Crippen LogP contribution in [0.5, 0.6) is 0 Å². The molecule has 3 nitrogen and oxygen atoms in total. The van der Waals surface area contributed by atoms with Crippen LogP contribution < -0.4 is 0 Å². The van der Waals surface area contributed by atoms with Crippen molar-refractivity contribution < 1.29 is 0 Å². The number of aryl methyl sites for hydroxylation is 3. The lowest BCUT2D eigenvalue weighted by molar-refractivity contribution is 0.632. The molecule has 1 aromatic carbocycles. The van der Waals surface area contributed by atoms with Crippen LogP contribution in [0.15, 0.2) is 35.4 Å². The highest BCUT2D eigenvalue weighted by molar-refractivity contribution is 7.99. The monoisotopic (exact) mass is 281 g/mol. The standard InChI is InChI=1S/C13H16ClN3S/c1-11-2-4-13(5-3-11)18-9-8-17-10-12(6-7-14)15-16-17/h2-5,10H,6-9H2,1H3. The molecular formula is C13H16ClN3S. The number of hydrogen-bond acceptors (Lipinski definition) is 3. The number of rotatable bonds is 6. The molecule has 0 fully saturated rings. The first-order valence-electron chi connectivity index (χ1n) is 5.92. The lowest BCUT2D eigenvalue weighted by Crippen LogP contribution is -2.00. The lowest BCUT2D eigenvalue weighted by atomic mass is 10.2. The van der Waals surface area contributed by atoms with E-state index < -0.39 is 0 Å². The van der Waals surface area contributed by atoms with Crippen LogP contribution in [0.3, 0.4) is 0 Å². The molecule has 0 amide bonds. The molecule has 0 saturated heterocycles. The normalized spacial score (nSPS) is 10.8. The summed E-state index contributed by atoms with van der Waals surface area (Å²) in [5.41, 5.74) is 2.26. The zero-order chi connectivity index (χ0) is 12.8. The summed E-state index contributed by atoms with van der Waals surface area (Å²) in [7, 11) is 0. The minimum Gasteiger partial charge on any atom is -0.251 e. The number of nitrogens with zero attached hydrogens (tertiary/aromatic N) is 3. The largest absolute Gasteiger partial charge is 0.251 e. The van der Waals surface area contributed by atoms with Gasteiger partial charge < -0.3 is 0 Å². The van der Waals surface area contributed by atoms with Crippen LogP contribution in [0.4, 0.5) is 0 Å². The molecule has 0 spiro atoms. The Bertz CT molecular complexity index is 481. The average Bonchev–Trinajstić information content (AvgIpc) is 2.80. The topological polar surface area (TPSA) is 30.7 Å². The molecule has 0 aliphatic heterocycles. The second-order valence-corrected chi connectivity index (χ2v) is 5.62. The van der Waals surface area contributed by atoms with Crippen LogP contribution in [-0.4, -0.2) is 26.6 Å². The van der Waals surface area contributed by atoms with E-state index in [1.807, 2.05) is 22.6 Å². The van der Waals surface area contributed by atoms with Gasteiger partial charge in [0.2, 0.25) is 0 Å². The molecule has 0 radical (unpaired) electrons. The van der Waals surface area contributed by atoms with Gasteiger partial charge in [-0.3, -0.25) is 4.68 Å². The summed E-state index contributed by atoms with van der Waals surface area (Å²) in [6.45, 7) is 2.97. The second kappa shape index (κ2) is 6.81. The van der Waals surface area contributed by atoms with Crippen molar-refractivity contribution in [1.29, 1.82) is 0 Å². The summed E-state index contributed by atoms with van der Waals surface area (Å²) < 4.78 is 1.88. The van der Waals surface area contributed by atoms with Gasteiger partial charge in [0.25, 0.3) is 0 Å². The van der Waals surface area contributed by atoms with Gasteiger partial charge in [0.05, 0.1) is 12.2 Å². The molecule has 0 atom stereocenters. The maximum atomic E-state index is 5.66. The van der Waals surface area contributed by atoms with Gasteiger partial charge in [-0.25, -0.2) is 0 Å². The molecule has 2 rings (SSSR count). The predicted octanol–water partition coefficient (Wildman–Crippen LogP) is 3.16. The number of alkyl halides is 1. The number of halogens is 1. The Morgan fingerprint density at radius 3 is 2.78 bits per heavy atom. The molecule has 0 saturated carbocycles. The van der Waals surface area contributed by atoms with Crippen LogP contribution >= 0.6 is 23.4 Å².